The summed E-state index contributed by atoms with van der Waals surface area (Å²) < 4.78 is 19.2. The highest BCUT2D eigenvalue weighted by Gasteiger charge is 2.24. The average Bonchev–Trinajstić information content (AvgIpc) is 3.14. The molecule has 0 fully saturated rings. The third kappa shape index (κ3) is 3.34. The van der Waals surface area contributed by atoms with Crippen molar-refractivity contribution in [3.63, 3.8) is 0 Å². The maximum absolute atomic E-state index is 5.85. The molecule has 0 bridgehead atoms. The molecule has 2 aromatic carbocycles. The monoisotopic (exact) mass is 378 g/mol. The largest absolute Gasteiger partial charge is 0.497 e. The van der Waals surface area contributed by atoms with Gasteiger partial charge in [0.1, 0.15) is 5.75 Å². The fraction of sp³-hybridized carbons (Fsp3) is 0.304. The van der Waals surface area contributed by atoms with Crippen LogP contribution in [-0.4, -0.2) is 24.9 Å². The van der Waals surface area contributed by atoms with E-state index < -0.39 is 0 Å². The zero-order valence-electron chi connectivity index (χ0n) is 16.6. The molecule has 0 radical (unpaired) electrons. The van der Waals surface area contributed by atoms with E-state index in [4.69, 9.17) is 14.2 Å². The van der Waals surface area contributed by atoms with Crippen LogP contribution in [0.2, 0.25) is 0 Å². The minimum atomic E-state index is 0.0828. The second-order valence-electron chi connectivity index (χ2n) is 6.68. The molecule has 0 aliphatic carbocycles. The maximum atomic E-state index is 5.85. The van der Waals surface area contributed by atoms with E-state index in [1.165, 1.54) is 16.8 Å². The SMILES string of the molecule is CCOc1cc2c(cc1OCC)-n1cccc1[C@@H](c1ccc(OC)cc1)NC2. The molecule has 146 valence electrons. The lowest BCUT2D eigenvalue weighted by Crippen LogP contribution is -2.21. The van der Waals surface area contributed by atoms with E-state index in [1.54, 1.807) is 7.11 Å². The minimum absolute atomic E-state index is 0.0828. The van der Waals surface area contributed by atoms with Crippen molar-refractivity contribution in [1.29, 1.82) is 0 Å². The first kappa shape index (κ1) is 18.4. The number of hydrogen-bond acceptors (Lipinski definition) is 4. The van der Waals surface area contributed by atoms with E-state index in [-0.39, 0.29) is 6.04 Å². The third-order valence-corrected chi connectivity index (χ3v) is 5.03. The van der Waals surface area contributed by atoms with Crippen molar-refractivity contribution >= 4 is 0 Å². The summed E-state index contributed by atoms with van der Waals surface area (Å²) in [6.07, 6.45) is 2.10. The standard InChI is InChI=1S/C23H26N2O3/c1-4-27-21-13-17-15-24-23(16-8-10-18(26-3)11-9-16)19-7-6-12-25(19)20(17)14-22(21)28-5-2/h6-14,23-24H,4-5,15H2,1-3H3/t23-/m1/s1. The molecule has 0 unspecified atom stereocenters. The number of rotatable bonds is 6. The number of nitrogens with one attached hydrogen (secondary N) is 1. The highest BCUT2D eigenvalue weighted by Crippen LogP contribution is 2.37. The van der Waals surface area contributed by atoms with Crippen LogP contribution < -0.4 is 19.5 Å². The molecule has 28 heavy (non-hydrogen) atoms. The van der Waals surface area contributed by atoms with Gasteiger partial charge < -0.3 is 24.1 Å². The fourth-order valence-electron chi connectivity index (χ4n) is 3.74. The summed E-state index contributed by atoms with van der Waals surface area (Å²) in [5.74, 6) is 2.44. The van der Waals surface area contributed by atoms with Crippen molar-refractivity contribution in [1.82, 2.24) is 9.88 Å². The Morgan fingerprint density at radius 1 is 1.00 bits per heavy atom. The Morgan fingerprint density at radius 3 is 2.39 bits per heavy atom. The summed E-state index contributed by atoms with van der Waals surface area (Å²) in [6.45, 7) is 5.92. The molecule has 5 heteroatoms. The summed E-state index contributed by atoms with van der Waals surface area (Å²) in [5.41, 5.74) is 4.69. The number of nitrogens with zero attached hydrogens (tertiary/aromatic N) is 1. The van der Waals surface area contributed by atoms with Gasteiger partial charge in [-0.15, -0.1) is 0 Å². The summed E-state index contributed by atoms with van der Waals surface area (Å²) in [4.78, 5) is 0. The zero-order chi connectivity index (χ0) is 19.5. The van der Waals surface area contributed by atoms with Gasteiger partial charge in [-0.05, 0) is 55.3 Å². The van der Waals surface area contributed by atoms with Crippen LogP contribution in [0.25, 0.3) is 5.69 Å². The molecule has 1 atom stereocenters. The van der Waals surface area contributed by atoms with E-state index in [1.807, 2.05) is 26.0 Å². The van der Waals surface area contributed by atoms with Gasteiger partial charge in [-0.25, -0.2) is 0 Å². The lowest BCUT2D eigenvalue weighted by Gasteiger charge is -2.18. The molecule has 1 aliphatic rings. The molecule has 0 saturated carbocycles. The predicted octanol–water partition coefficient (Wildman–Crippen LogP) is 4.48. The van der Waals surface area contributed by atoms with Gasteiger partial charge in [0, 0.05) is 24.5 Å². The van der Waals surface area contributed by atoms with Gasteiger partial charge in [0.15, 0.2) is 11.5 Å². The Labute approximate surface area is 165 Å². The van der Waals surface area contributed by atoms with Crippen molar-refractivity contribution in [2.45, 2.75) is 26.4 Å². The zero-order valence-corrected chi connectivity index (χ0v) is 16.6. The van der Waals surface area contributed by atoms with Crippen LogP contribution in [0.5, 0.6) is 17.2 Å². The van der Waals surface area contributed by atoms with E-state index >= 15 is 0 Å². The second-order valence-corrected chi connectivity index (χ2v) is 6.68. The smallest absolute Gasteiger partial charge is 0.163 e. The first-order valence-corrected chi connectivity index (χ1v) is 9.72. The quantitative estimate of drug-likeness (QED) is 0.687. The average molecular weight is 378 g/mol. The number of aromatic nitrogens is 1. The van der Waals surface area contributed by atoms with Crippen molar-refractivity contribution in [3.8, 4) is 22.9 Å². The fourth-order valence-corrected chi connectivity index (χ4v) is 3.74. The molecule has 4 rings (SSSR count). The van der Waals surface area contributed by atoms with E-state index in [9.17, 15) is 0 Å². The Hall–Kier alpha value is -2.92. The predicted molar refractivity (Wildman–Crippen MR) is 110 cm³/mol. The van der Waals surface area contributed by atoms with E-state index in [2.05, 4.69) is 52.5 Å². The summed E-state index contributed by atoms with van der Waals surface area (Å²) in [5, 5.41) is 3.70. The first-order valence-electron chi connectivity index (χ1n) is 9.72. The molecule has 0 saturated heterocycles. The molecule has 5 nitrogen and oxygen atoms in total. The van der Waals surface area contributed by atoms with Gasteiger partial charge in [0.25, 0.3) is 0 Å². The highest BCUT2D eigenvalue weighted by atomic mass is 16.5. The minimum Gasteiger partial charge on any atom is -0.497 e. The van der Waals surface area contributed by atoms with Crippen molar-refractivity contribution < 1.29 is 14.2 Å². The van der Waals surface area contributed by atoms with Crippen LogP contribution in [-0.2, 0) is 6.54 Å². The van der Waals surface area contributed by atoms with Crippen LogP contribution >= 0.6 is 0 Å². The van der Waals surface area contributed by atoms with E-state index in [0.717, 1.165) is 29.5 Å². The number of benzene rings is 2. The third-order valence-electron chi connectivity index (χ3n) is 5.03. The van der Waals surface area contributed by atoms with Gasteiger partial charge in [-0.1, -0.05) is 12.1 Å². The van der Waals surface area contributed by atoms with Crippen LogP contribution in [0.3, 0.4) is 0 Å². The Bertz CT molecular complexity index is 947. The summed E-state index contributed by atoms with van der Waals surface area (Å²) in [6, 6.07) is 16.7. The molecule has 1 aliphatic heterocycles. The molecule has 1 aromatic heterocycles. The number of fused-ring (bicyclic) bond motifs is 3. The number of methoxy groups -OCH3 is 1. The number of hydrogen-bond donors (Lipinski definition) is 1. The van der Waals surface area contributed by atoms with E-state index in [0.29, 0.717) is 13.2 Å². The van der Waals surface area contributed by atoms with Gasteiger partial charge in [0.2, 0.25) is 0 Å². The second kappa shape index (κ2) is 7.98. The first-order chi connectivity index (χ1) is 13.7. The van der Waals surface area contributed by atoms with Crippen LogP contribution in [0.15, 0.2) is 54.7 Å². The Kier molecular flexibility index (Phi) is 5.26. The van der Waals surface area contributed by atoms with Crippen LogP contribution in [0.4, 0.5) is 0 Å². The lowest BCUT2D eigenvalue weighted by atomic mass is 10.0. The van der Waals surface area contributed by atoms with Gasteiger partial charge in [-0.3, -0.25) is 0 Å². The summed E-state index contributed by atoms with van der Waals surface area (Å²) >= 11 is 0. The molecular weight excluding hydrogens is 352 g/mol. The van der Waals surface area contributed by atoms with Gasteiger partial charge in [0.05, 0.1) is 32.1 Å². The molecule has 2 heterocycles. The molecule has 0 amide bonds. The van der Waals surface area contributed by atoms with Crippen molar-refractivity contribution in [2.75, 3.05) is 20.3 Å². The van der Waals surface area contributed by atoms with Crippen molar-refractivity contribution in [3.05, 3.63) is 71.5 Å². The number of ether oxygens (including phenoxy) is 3. The molecule has 0 spiro atoms. The molecular formula is C23H26N2O3. The van der Waals surface area contributed by atoms with Crippen LogP contribution in [0, 0.1) is 0 Å². The highest BCUT2D eigenvalue weighted by molar-refractivity contribution is 5.56. The molecule has 1 N–H and O–H groups in total. The summed E-state index contributed by atoms with van der Waals surface area (Å²) in [7, 11) is 1.69. The molecule has 3 aromatic rings. The Balaban J connectivity index is 1.78. The topological polar surface area (TPSA) is 44.7 Å². The van der Waals surface area contributed by atoms with Gasteiger partial charge >= 0.3 is 0 Å². The normalized spacial score (nSPS) is 15.3. The Morgan fingerprint density at radius 2 is 1.71 bits per heavy atom. The van der Waals surface area contributed by atoms with Gasteiger partial charge in [-0.2, -0.15) is 0 Å². The van der Waals surface area contributed by atoms with Crippen molar-refractivity contribution in [2.24, 2.45) is 0 Å². The lowest BCUT2D eigenvalue weighted by molar-refractivity contribution is 0.287. The van der Waals surface area contributed by atoms with Crippen LogP contribution in [0.1, 0.15) is 36.7 Å². The maximum Gasteiger partial charge on any atom is 0.163 e.